The van der Waals surface area contributed by atoms with Crippen LogP contribution in [0.3, 0.4) is 0 Å². The zero-order valence-electron chi connectivity index (χ0n) is 11.9. The number of benzene rings is 1. The molecule has 4 nitrogen and oxygen atoms in total. The highest BCUT2D eigenvalue weighted by molar-refractivity contribution is 5.82. The molecule has 0 aliphatic rings. The molecule has 0 radical (unpaired) electrons. The summed E-state index contributed by atoms with van der Waals surface area (Å²) in [5, 5.41) is 12.7. The van der Waals surface area contributed by atoms with E-state index in [0.29, 0.717) is 12.8 Å². The van der Waals surface area contributed by atoms with Gasteiger partial charge in [0.2, 0.25) is 5.91 Å². The minimum Gasteiger partial charge on any atom is -0.391 e. The third-order valence-corrected chi connectivity index (χ3v) is 2.79. The SMILES string of the molecule is CC(C)(C)NC(=O)C(N)C(O)CCc1ccccc1. The zero-order chi connectivity index (χ0) is 14.5. The fourth-order valence-corrected chi connectivity index (χ4v) is 1.77. The summed E-state index contributed by atoms with van der Waals surface area (Å²) in [4.78, 5) is 11.8. The van der Waals surface area contributed by atoms with E-state index in [2.05, 4.69) is 5.32 Å². The number of rotatable bonds is 5. The van der Waals surface area contributed by atoms with Crippen LogP contribution in [-0.2, 0) is 11.2 Å². The van der Waals surface area contributed by atoms with Gasteiger partial charge in [0, 0.05) is 5.54 Å². The van der Waals surface area contributed by atoms with E-state index >= 15 is 0 Å². The molecule has 0 heterocycles. The molecule has 4 heteroatoms. The van der Waals surface area contributed by atoms with Gasteiger partial charge in [-0.3, -0.25) is 4.79 Å². The Balaban J connectivity index is 2.44. The van der Waals surface area contributed by atoms with Crippen molar-refractivity contribution in [1.82, 2.24) is 5.32 Å². The van der Waals surface area contributed by atoms with E-state index in [-0.39, 0.29) is 11.4 Å². The summed E-state index contributed by atoms with van der Waals surface area (Å²) in [6, 6.07) is 8.95. The highest BCUT2D eigenvalue weighted by Gasteiger charge is 2.25. The number of nitrogens with two attached hydrogens (primary N) is 1. The average Bonchev–Trinajstić information content (AvgIpc) is 2.34. The monoisotopic (exact) mass is 264 g/mol. The number of hydrogen-bond donors (Lipinski definition) is 3. The van der Waals surface area contributed by atoms with Crippen molar-refractivity contribution in [1.29, 1.82) is 0 Å². The quantitative estimate of drug-likeness (QED) is 0.748. The summed E-state index contributed by atoms with van der Waals surface area (Å²) in [5.74, 6) is -0.312. The Bertz CT molecular complexity index is 398. The second-order valence-corrected chi connectivity index (χ2v) is 5.86. The van der Waals surface area contributed by atoms with Crippen molar-refractivity contribution >= 4 is 5.91 Å². The molecular weight excluding hydrogens is 240 g/mol. The average molecular weight is 264 g/mol. The number of nitrogens with one attached hydrogen (secondary N) is 1. The van der Waals surface area contributed by atoms with Crippen LogP contribution in [-0.4, -0.2) is 28.7 Å². The molecule has 106 valence electrons. The van der Waals surface area contributed by atoms with E-state index in [4.69, 9.17) is 5.73 Å². The Kier molecular flexibility index (Phi) is 5.51. The van der Waals surface area contributed by atoms with Crippen LogP contribution >= 0.6 is 0 Å². The molecule has 0 bridgehead atoms. The first-order chi connectivity index (χ1) is 8.79. The smallest absolute Gasteiger partial charge is 0.239 e. The Morgan fingerprint density at radius 1 is 1.32 bits per heavy atom. The summed E-state index contributed by atoms with van der Waals surface area (Å²) in [5.41, 5.74) is 6.56. The molecular formula is C15H24N2O2. The number of amides is 1. The lowest BCUT2D eigenvalue weighted by Crippen LogP contribution is -2.53. The first kappa shape index (κ1) is 15.7. The van der Waals surface area contributed by atoms with Crippen molar-refractivity contribution in [3.63, 3.8) is 0 Å². The normalized spacial score (nSPS) is 14.8. The molecule has 0 aliphatic carbocycles. The molecule has 4 N–H and O–H groups in total. The van der Waals surface area contributed by atoms with E-state index in [1.165, 1.54) is 0 Å². The summed E-state index contributed by atoms with van der Waals surface area (Å²) in [7, 11) is 0. The Hall–Kier alpha value is -1.39. The molecule has 0 saturated carbocycles. The third-order valence-electron chi connectivity index (χ3n) is 2.79. The van der Waals surface area contributed by atoms with E-state index < -0.39 is 12.1 Å². The molecule has 1 aromatic carbocycles. The van der Waals surface area contributed by atoms with Crippen LogP contribution in [0.4, 0.5) is 0 Å². The van der Waals surface area contributed by atoms with Crippen LogP contribution < -0.4 is 11.1 Å². The molecule has 0 saturated heterocycles. The highest BCUT2D eigenvalue weighted by Crippen LogP contribution is 2.08. The number of aryl methyl sites for hydroxylation is 1. The van der Waals surface area contributed by atoms with Crippen molar-refractivity contribution < 1.29 is 9.90 Å². The Morgan fingerprint density at radius 3 is 2.42 bits per heavy atom. The second kappa shape index (κ2) is 6.68. The molecule has 2 atom stereocenters. The van der Waals surface area contributed by atoms with Crippen LogP contribution in [0.2, 0.25) is 0 Å². The molecule has 0 fully saturated rings. The van der Waals surface area contributed by atoms with Gasteiger partial charge in [0.25, 0.3) is 0 Å². The second-order valence-electron chi connectivity index (χ2n) is 5.86. The minimum absolute atomic E-state index is 0.312. The van der Waals surface area contributed by atoms with Gasteiger partial charge < -0.3 is 16.2 Å². The molecule has 0 spiro atoms. The fourth-order valence-electron chi connectivity index (χ4n) is 1.77. The van der Waals surface area contributed by atoms with Gasteiger partial charge in [0.05, 0.1) is 6.10 Å². The molecule has 0 aromatic heterocycles. The van der Waals surface area contributed by atoms with Crippen molar-refractivity contribution in [2.75, 3.05) is 0 Å². The Morgan fingerprint density at radius 2 is 1.89 bits per heavy atom. The maximum absolute atomic E-state index is 11.8. The highest BCUT2D eigenvalue weighted by atomic mass is 16.3. The number of carbonyl (C=O) groups is 1. The topological polar surface area (TPSA) is 75.4 Å². The van der Waals surface area contributed by atoms with Gasteiger partial charge in [0.15, 0.2) is 0 Å². The first-order valence-corrected chi connectivity index (χ1v) is 6.59. The van der Waals surface area contributed by atoms with Crippen LogP contribution in [0.25, 0.3) is 0 Å². The molecule has 1 amide bonds. The first-order valence-electron chi connectivity index (χ1n) is 6.59. The standard InChI is InChI=1S/C15H24N2O2/c1-15(2,3)17-14(19)13(16)12(18)10-9-11-7-5-4-6-8-11/h4-8,12-13,18H,9-10,16H2,1-3H3,(H,17,19). The molecule has 19 heavy (non-hydrogen) atoms. The van der Waals surface area contributed by atoms with Crippen molar-refractivity contribution in [2.24, 2.45) is 5.73 Å². The van der Waals surface area contributed by atoms with Gasteiger partial charge in [-0.25, -0.2) is 0 Å². The van der Waals surface area contributed by atoms with Gasteiger partial charge in [-0.05, 0) is 39.2 Å². The van der Waals surface area contributed by atoms with Crippen LogP contribution in [0.5, 0.6) is 0 Å². The predicted octanol–water partition coefficient (Wildman–Crippen LogP) is 1.22. The summed E-state index contributed by atoms with van der Waals surface area (Å²) in [6.07, 6.45) is 0.351. The van der Waals surface area contributed by atoms with Crippen LogP contribution in [0, 0.1) is 0 Å². The van der Waals surface area contributed by atoms with Crippen LogP contribution in [0.15, 0.2) is 30.3 Å². The molecule has 2 unspecified atom stereocenters. The lowest BCUT2D eigenvalue weighted by Gasteiger charge is -2.25. The lowest BCUT2D eigenvalue weighted by molar-refractivity contribution is -0.126. The van der Waals surface area contributed by atoms with E-state index in [0.717, 1.165) is 5.56 Å². The van der Waals surface area contributed by atoms with Gasteiger partial charge >= 0.3 is 0 Å². The van der Waals surface area contributed by atoms with E-state index in [9.17, 15) is 9.90 Å². The maximum Gasteiger partial charge on any atom is 0.239 e. The fraction of sp³-hybridized carbons (Fsp3) is 0.533. The number of carbonyl (C=O) groups excluding carboxylic acids is 1. The van der Waals surface area contributed by atoms with Crippen molar-refractivity contribution in [3.8, 4) is 0 Å². The van der Waals surface area contributed by atoms with Gasteiger partial charge in [-0.1, -0.05) is 30.3 Å². The van der Waals surface area contributed by atoms with Crippen molar-refractivity contribution in [3.05, 3.63) is 35.9 Å². The molecule has 1 rings (SSSR count). The summed E-state index contributed by atoms with van der Waals surface area (Å²) in [6.45, 7) is 5.65. The largest absolute Gasteiger partial charge is 0.391 e. The van der Waals surface area contributed by atoms with Gasteiger partial charge in [-0.2, -0.15) is 0 Å². The molecule has 1 aromatic rings. The predicted molar refractivity (Wildman–Crippen MR) is 76.6 cm³/mol. The molecule has 0 aliphatic heterocycles. The van der Waals surface area contributed by atoms with E-state index in [1.807, 2.05) is 51.1 Å². The number of aliphatic hydroxyl groups excluding tert-OH is 1. The van der Waals surface area contributed by atoms with E-state index in [1.54, 1.807) is 0 Å². The maximum atomic E-state index is 11.8. The Labute approximate surface area is 115 Å². The third kappa shape index (κ3) is 5.85. The number of aliphatic hydroxyl groups is 1. The zero-order valence-corrected chi connectivity index (χ0v) is 11.9. The summed E-state index contributed by atoms with van der Waals surface area (Å²) < 4.78 is 0. The lowest BCUT2D eigenvalue weighted by atomic mass is 10.0. The summed E-state index contributed by atoms with van der Waals surface area (Å²) >= 11 is 0. The van der Waals surface area contributed by atoms with Gasteiger partial charge in [-0.15, -0.1) is 0 Å². The van der Waals surface area contributed by atoms with Gasteiger partial charge in [0.1, 0.15) is 6.04 Å². The van der Waals surface area contributed by atoms with Crippen LogP contribution in [0.1, 0.15) is 32.8 Å². The number of hydrogen-bond acceptors (Lipinski definition) is 3. The minimum atomic E-state index is -0.886. The van der Waals surface area contributed by atoms with Crippen molar-refractivity contribution in [2.45, 2.75) is 51.3 Å².